The number of aliphatic imine (C=N–C) groups is 1. The summed E-state index contributed by atoms with van der Waals surface area (Å²) < 4.78 is 10.6. The standard InChI is InChI=1S/C15H29N5O2.HI/c1-4-6-11-21-12-7-9-17-15(16-5-2)18-10-8-14-19-13(3)20-22-14;/h4-12H2,1-3H3,(H2,16,17,18);1H. The van der Waals surface area contributed by atoms with Crippen molar-refractivity contribution in [3.05, 3.63) is 11.7 Å². The zero-order valence-corrected chi connectivity index (χ0v) is 16.8. The Balaban J connectivity index is 0.00000484. The summed E-state index contributed by atoms with van der Waals surface area (Å²) in [6, 6.07) is 0. The Bertz CT molecular complexity index is 426. The van der Waals surface area contributed by atoms with Crippen molar-refractivity contribution >= 4 is 29.9 Å². The second-order valence-electron chi connectivity index (χ2n) is 4.99. The van der Waals surface area contributed by atoms with E-state index in [0.29, 0.717) is 24.7 Å². The molecule has 0 fully saturated rings. The molecule has 0 aliphatic carbocycles. The smallest absolute Gasteiger partial charge is 0.228 e. The van der Waals surface area contributed by atoms with Crippen molar-refractivity contribution in [2.45, 2.75) is 46.5 Å². The van der Waals surface area contributed by atoms with Gasteiger partial charge in [0.2, 0.25) is 5.89 Å². The SMILES string of the molecule is CCCCOCCCN=C(NCC)NCCc1nc(C)no1.I. The number of aryl methyl sites for hydroxylation is 1. The van der Waals surface area contributed by atoms with E-state index in [0.717, 1.165) is 45.1 Å². The number of rotatable bonds is 11. The minimum absolute atomic E-state index is 0. The summed E-state index contributed by atoms with van der Waals surface area (Å²) in [6.07, 6.45) is 3.92. The second kappa shape index (κ2) is 14.7. The molecule has 0 spiro atoms. The third-order valence-electron chi connectivity index (χ3n) is 2.90. The van der Waals surface area contributed by atoms with E-state index in [2.05, 4.69) is 32.7 Å². The summed E-state index contributed by atoms with van der Waals surface area (Å²) >= 11 is 0. The molecule has 0 aromatic carbocycles. The molecule has 0 atom stereocenters. The summed E-state index contributed by atoms with van der Waals surface area (Å²) in [5.41, 5.74) is 0. The van der Waals surface area contributed by atoms with E-state index in [1.807, 2.05) is 13.8 Å². The first-order chi connectivity index (χ1) is 10.8. The quantitative estimate of drug-likeness (QED) is 0.238. The van der Waals surface area contributed by atoms with Crippen molar-refractivity contribution in [1.29, 1.82) is 0 Å². The first-order valence-corrected chi connectivity index (χ1v) is 8.15. The largest absolute Gasteiger partial charge is 0.381 e. The number of nitrogens with zero attached hydrogens (tertiary/aromatic N) is 3. The number of nitrogens with one attached hydrogen (secondary N) is 2. The molecule has 23 heavy (non-hydrogen) atoms. The molecule has 1 aromatic heterocycles. The predicted octanol–water partition coefficient (Wildman–Crippen LogP) is 2.30. The minimum atomic E-state index is 0. The van der Waals surface area contributed by atoms with Crippen LogP contribution < -0.4 is 10.6 Å². The lowest BCUT2D eigenvalue weighted by atomic mass is 10.4. The van der Waals surface area contributed by atoms with E-state index in [1.54, 1.807) is 0 Å². The Kier molecular flexibility index (Phi) is 14.1. The fraction of sp³-hybridized carbons (Fsp3) is 0.800. The maximum Gasteiger partial charge on any atom is 0.228 e. The molecule has 0 amide bonds. The first-order valence-electron chi connectivity index (χ1n) is 8.15. The monoisotopic (exact) mass is 439 g/mol. The number of halogens is 1. The van der Waals surface area contributed by atoms with Crippen LogP contribution in [-0.4, -0.2) is 48.9 Å². The van der Waals surface area contributed by atoms with Crippen LogP contribution in [0, 0.1) is 6.92 Å². The molecule has 0 aliphatic heterocycles. The zero-order chi connectivity index (χ0) is 16.0. The lowest BCUT2D eigenvalue weighted by Crippen LogP contribution is -2.38. The first kappa shape index (κ1) is 22.1. The average molecular weight is 439 g/mol. The van der Waals surface area contributed by atoms with Gasteiger partial charge in [-0.15, -0.1) is 24.0 Å². The highest BCUT2D eigenvalue weighted by atomic mass is 127. The second-order valence-corrected chi connectivity index (χ2v) is 4.99. The summed E-state index contributed by atoms with van der Waals surface area (Å²) in [6.45, 7) is 9.94. The molecule has 0 bridgehead atoms. The van der Waals surface area contributed by atoms with Crippen molar-refractivity contribution in [2.75, 3.05) is 32.8 Å². The highest BCUT2D eigenvalue weighted by Gasteiger charge is 2.03. The third kappa shape index (κ3) is 11.3. The lowest BCUT2D eigenvalue weighted by molar-refractivity contribution is 0.130. The molecule has 2 N–H and O–H groups in total. The molecule has 134 valence electrons. The minimum Gasteiger partial charge on any atom is -0.381 e. The van der Waals surface area contributed by atoms with Gasteiger partial charge in [-0.2, -0.15) is 4.98 Å². The van der Waals surface area contributed by atoms with Crippen LogP contribution in [0.2, 0.25) is 0 Å². The summed E-state index contributed by atoms with van der Waals surface area (Å²) in [4.78, 5) is 8.69. The Hall–Kier alpha value is -0.900. The number of aromatic nitrogens is 2. The van der Waals surface area contributed by atoms with Crippen molar-refractivity contribution in [3.63, 3.8) is 0 Å². The molecular formula is C15H30IN5O2. The van der Waals surface area contributed by atoms with E-state index in [4.69, 9.17) is 9.26 Å². The normalized spacial score (nSPS) is 11.2. The van der Waals surface area contributed by atoms with Gasteiger partial charge in [-0.1, -0.05) is 18.5 Å². The fourth-order valence-electron chi connectivity index (χ4n) is 1.78. The molecule has 0 aliphatic rings. The number of unbranched alkanes of at least 4 members (excludes halogenated alkanes) is 1. The van der Waals surface area contributed by atoms with Crippen LogP contribution in [0.3, 0.4) is 0 Å². The van der Waals surface area contributed by atoms with Gasteiger partial charge in [0.1, 0.15) is 0 Å². The average Bonchev–Trinajstić information content (AvgIpc) is 2.92. The summed E-state index contributed by atoms with van der Waals surface area (Å²) in [7, 11) is 0. The number of hydrogen-bond acceptors (Lipinski definition) is 5. The van der Waals surface area contributed by atoms with Gasteiger partial charge >= 0.3 is 0 Å². The highest BCUT2D eigenvalue weighted by Crippen LogP contribution is 1.95. The van der Waals surface area contributed by atoms with Gasteiger partial charge in [0.15, 0.2) is 11.8 Å². The van der Waals surface area contributed by atoms with Crippen molar-refractivity contribution in [3.8, 4) is 0 Å². The third-order valence-corrected chi connectivity index (χ3v) is 2.90. The van der Waals surface area contributed by atoms with Crippen molar-refractivity contribution in [1.82, 2.24) is 20.8 Å². The number of ether oxygens (including phenoxy) is 1. The molecule has 1 heterocycles. The maximum absolute atomic E-state index is 5.52. The van der Waals surface area contributed by atoms with E-state index < -0.39 is 0 Å². The van der Waals surface area contributed by atoms with Gasteiger partial charge in [-0.3, -0.25) is 4.99 Å². The van der Waals surface area contributed by atoms with Gasteiger partial charge in [-0.05, 0) is 26.7 Å². The van der Waals surface area contributed by atoms with Crippen LogP contribution in [-0.2, 0) is 11.2 Å². The maximum atomic E-state index is 5.52. The van der Waals surface area contributed by atoms with Crippen molar-refractivity contribution in [2.24, 2.45) is 4.99 Å². The molecule has 0 saturated carbocycles. The molecule has 8 heteroatoms. The van der Waals surface area contributed by atoms with E-state index in [9.17, 15) is 0 Å². The highest BCUT2D eigenvalue weighted by molar-refractivity contribution is 14.0. The van der Waals surface area contributed by atoms with E-state index in [1.165, 1.54) is 6.42 Å². The van der Waals surface area contributed by atoms with Gasteiger partial charge in [-0.25, -0.2) is 0 Å². The molecule has 0 unspecified atom stereocenters. The van der Waals surface area contributed by atoms with Crippen molar-refractivity contribution < 1.29 is 9.26 Å². The Morgan fingerprint density at radius 3 is 2.65 bits per heavy atom. The van der Waals surface area contributed by atoms with E-state index >= 15 is 0 Å². The van der Waals surface area contributed by atoms with Crippen LogP contribution >= 0.6 is 24.0 Å². The Morgan fingerprint density at radius 1 is 1.22 bits per heavy atom. The van der Waals surface area contributed by atoms with Crippen LogP contribution in [0.1, 0.15) is 44.8 Å². The van der Waals surface area contributed by atoms with E-state index in [-0.39, 0.29) is 24.0 Å². The van der Waals surface area contributed by atoms with Crippen LogP contribution in [0.5, 0.6) is 0 Å². The van der Waals surface area contributed by atoms with Crippen LogP contribution in [0.4, 0.5) is 0 Å². The molecule has 1 rings (SSSR count). The predicted molar refractivity (Wildman–Crippen MR) is 102 cm³/mol. The van der Waals surface area contributed by atoms with Crippen LogP contribution in [0.25, 0.3) is 0 Å². The molecule has 1 aromatic rings. The molecular weight excluding hydrogens is 409 g/mol. The van der Waals surface area contributed by atoms with Gasteiger partial charge < -0.3 is 19.9 Å². The van der Waals surface area contributed by atoms with Gasteiger partial charge in [0.25, 0.3) is 0 Å². The number of guanidine groups is 1. The summed E-state index contributed by atoms with van der Waals surface area (Å²) in [5, 5.41) is 10.2. The van der Waals surface area contributed by atoms with Crippen LogP contribution in [0.15, 0.2) is 9.52 Å². The number of hydrogen-bond donors (Lipinski definition) is 2. The van der Waals surface area contributed by atoms with Gasteiger partial charge in [0, 0.05) is 39.3 Å². The lowest BCUT2D eigenvalue weighted by Gasteiger charge is -2.10. The molecule has 7 nitrogen and oxygen atoms in total. The Morgan fingerprint density at radius 2 is 2.00 bits per heavy atom. The topological polar surface area (TPSA) is 84.6 Å². The Labute approximate surface area is 156 Å². The molecule has 0 radical (unpaired) electrons. The molecule has 0 saturated heterocycles. The zero-order valence-electron chi connectivity index (χ0n) is 14.4. The fourth-order valence-corrected chi connectivity index (χ4v) is 1.78. The van der Waals surface area contributed by atoms with Gasteiger partial charge in [0.05, 0.1) is 0 Å². The summed E-state index contributed by atoms with van der Waals surface area (Å²) in [5.74, 6) is 2.12.